The highest BCUT2D eigenvalue weighted by Crippen LogP contribution is 2.33. The molecule has 0 N–H and O–H groups in total. The second kappa shape index (κ2) is 7.48. The van der Waals surface area contributed by atoms with Crippen molar-refractivity contribution < 1.29 is 0 Å². The Morgan fingerprint density at radius 1 is 0.393 bits per heavy atom. The molecule has 4 aromatic carbocycles. The van der Waals surface area contributed by atoms with Gasteiger partial charge < -0.3 is 0 Å². The van der Waals surface area contributed by atoms with Gasteiger partial charge in [0, 0.05) is 0 Å². The Hall–Kier alpha value is -3.12. The van der Waals surface area contributed by atoms with E-state index in [-0.39, 0.29) is 5.41 Å². The van der Waals surface area contributed by atoms with Crippen LogP contribution in [0.1, 0.15) is 26.3 Å². The Morgan fingerprint density at radius 3 is 1.11 bits per heavy atom. The minimum atomic E-state index is 0.166. The summed E-state index contributed by atoms with van der Waals surface area (Å²) in [5.74, 6) is 0. The first-order valence-corrected chi connectivity index (χ1v) is 9.87. The Bertz CT molecular complexity index is 993. The summed E-state index contributed by atoms with van der Waals surface area (Å²) in [4.78, 5) is 0. The molecule has 0 aromatic heterocycles. The fourth-order valence-electron chi connectivity index (χ4n) is 3.55. The molecule has 0 saturated heterocycles. The van der Waals surface area contributed by atoms with E-state index in [4.69, 9.17) is 0 Å². The molecular formula is C28H26. The molecule has 0 nitrogen and oxygen atoms in total. The predicted molar refractivity (Wildman–Crippen MR) is 121 cm³/mol. The zero-order valence-corrected chi connectivity index (χ0v) is 16.8. The van der Waals surface area contributed by atoms with Crippen molar-refractivity contribution in [2.24, 2.45) is 0 Å². The van der Waals surface area contributed by atoms with Crippen molar-refractivity contribution in [1.29, 1.82) is 0 Å². The molecule has 0 aliphatic carbocycles. The Morgan fingerprint density at radius 2 is 0.750 bits per heavy atom. The van der Waals surface area contributed by atoms with E-state index < -0.39 is 0 Å². The summed E-state index contributed by atoms with van der Waals surface area (Å²) in [6, 6.07) is 37.1. The van der Waals surface area contributed by atoms with Crippen LogP contribution in [0.4, 0.5) is 0 Å². The lowest BCUT2D eigenvalue weighted by Crippen LogP contribution is -2.10. The molecule has 0 aliphatic heterocycles. The molecule has 0 unspecified atom stereocenters. The van der Waals surface area contributed by atoms with Crippen molar-refractivity contribution in [2.45, 2.75) is 26.2 Å². The van der Waals surface area contributed by atoms with Crippen LogP contribution in [-0.2, 0) is 5.41 Å². The molecule has 4 rings (SSSR count). The lowest BCUT2D eigenvalue weighted by Gasteiger charge is -2.19. The van der Waals surface area contributed by atoms with Crippen molar-refractivity contribution >= 4 is 0 Å². The molecule has 4 aromatic rings. The summed E-state index contributed by atoms with van der Waals surface area (Å²) < 4.78 is 0. The van der Waals surface area contributed by atoms with Gasteiger partial charge in [-0.1, -0.05) is 106 Å². The molecule has 0 spiro atoms. The third kappa shape index (κ3) is 3.92. The zero-order valence-electron chi connectivity index (χ0n) is 16.8. The fourth-order valence-corrected chi connectivity index (χ4v) is 3.55. The smallest absolute Gasteiger partial charge is 0.0132 e. The third-order valence-corrected chi connectivity index (χ3v) is 5.23. The molecule has 0 fully saturated rings. The van der Waals surface area contributed by atoms with Gasteiger partial charge in [0.2, 0.25) is 0 Å². The standard InChI is InChI=1S/C28H26/c1-28(2,3)27-16-14-23(15-17-27)26-19-24(21-10-6-4-7-11-21)18-25(20-26)22-12-8-5-9-13-22/h4-20H,1-3H3. The van der Waals surface area contributed by atoms with Crippen LogP contribution in [0.5, 0.6) is 0 Å². The highest BCUT2D eigenvalue weighted by atomic mass is 14.2. The van der Waals surface area contributed by atoms with Crippen LogP contribution in [-0.4, -0.2) is 0 Å². The van der Waals surface area contributed by atoms with Gasteiger partial charge in [-0.05, 0) is 62.6 Å². The number of rotatable bonds is 3. The molecule has 138 valence electrons. The molecule has 0 atom stereocenters. The fraction of sp³-hybridized carbons (Fsp3) is 0.143. The summed E-state index contributed by atoms with van der Waals surface area (Å²) in [6.07, 6.45) is 0. The number of benzene rings is 4. The molecule has 0 heteroatoms. The van der Waals surface area contributed by atoms with Gasteiger partial charge in [0.05, 0.1) is 0 Å². The highest BCUT2D eigenvalue weighted by Gasteiger charge is 2.13. The summed E-state index contributed by atoms with van der Waals surface area (Å²) >= 11 is 0. The SMILES string of the molecule is CC(C)(C)c1ccc(-c2cc(-c3ccccc3)cc(-c3ccccc3)c2)cc1. The number of hydrogen-bond donors (Lipinski definition) is 0. The monoisotopic (exact) mass is 362 g/mol. The molecule has 0 saturated carbocycles. The lowest BCUT2D eigenvalue weighted by molar-refractivity contribution is 0.590. The Labute approximate surface area is 168 Å². The second-order valence-corrected chi connectivity index (χ2v) is 8.36. The largest absolute Gasteiger partial charge is 0.0622 e. The Kier molecular flexibility index (Phi) is 4.88. The van der Waals surface area contributed by atoms with Gasteiger partial charge in [0.15, 0.2) is 0 Å². The van der Waals surface area contributed by atoms with E-state index in [1.54, 1.807) is 0 Å². The maximum atomic E-state index is 2.30. The molecule has 0 amide bonds. The summed E-state index contributed by atoms with van der Waals surface area (Å²) in [7, 11) is 0. The summed E-state index contributed by atoms with van der Waals surface area (Å²) in [5, 5.41) is 0. The van der Waals surface area contributed by atoms with Gasteiger partial charge in [-0.15, -0.1) is 0 Å². The van der Waals surface area contributed by atoms with Gasteiger partial charge in [-0.3, -0.25) is 0 Å². The van der Waals surface area contributed by atoms with Crippen molar-refractivity contribution in [2.75, 3.05) is 0 Å². The van der Waals surface area contributed by atoms with Crippen LogP contribution in [0.3, 0.4) is 0 Å². The predicted octanol–water partition coefficient (Wildman–Crippen LogP) is 7.99. The minimum absolute atomic E-state index is 0.166. The van der Waals surface area contributed by atoms with Gasteiger partial charge in [0.25, 0.3) is 0 Å². The van der Waals surface area contributed by atoms with Crippen molar-refractivity contribution in [3.05, 3.63) is 109 Å². The van der Waals surface area contributed by atoms with Crippen LogP contribution in [0.2, 0.25) is 0 Å². The van der Waals surface area contributed by atoms with Crippen LogP contribution in [0.25, 0.3) is 33.4 Å². The van der Waals surface area contributed by atoms with Crippen molar-refractivity contribution in [3.63, 3.8) is 0 Å². The number of hydrogen-bond acceptors (Lipinski definition) is 0. The first kappa shape index (κ1) is 18.3. The molecule has 0 heterocycles. The zero-order chi connectivity index (χ0) is 19.6. The van der Waals surface area contributed by atoms with Crippen LogP contribution in [0.15, 0.2) is 103 Å². The second-order valence-electron chi connectivity index (χ2n) is 8.36. The van der Waals surface area contributed by atoms with Gasteiger partial charge in [-0.2, -0.15) is 0 Å². The van der Waals surface area contributed by atoms with E-state index in [9.17, 15) is 0 Å². The van der Waals surface area contributed by atoms with E-state index in [2.05, 4.69) is 124 Å². The summed E-state index contributed by atoms with van der Waals surface area (Å²) in [5.41, 5.74) is 9.01. The first-order valence-electron chi connectivity index (χ1n) is 9.87. The molecule has 0 bridgehead atoms. The third-order valence-electron chi connectivity index (χ3n) is 5.23. The average Bonchev–Trinajstić information content (AvgIpc) is 2.74. The van der Waals surface area contributed by atoms with Crippen molar-refractivity contribution in [1.82, 2.24) is 0 Å². The maximum Gasteiger partial charge on any atom is -0.0132 e. The topological polar surface area (TPSA) is 0 Å². The van der Waals surface area contributed by atoms with Gasteiger partial charge in [-0.25, -0.2) is 0 Å². The van der Waals surface area contributed by atoms with E-state index in [1.165, 1.54) is 38.9 Å². The Balaban J connectivity index is 1.85. The van der Waals surface area contributed by atoms with Crippen LogP contribution in [0, 0.1) is 0 Å². The minimum Gasteiger partial charge on any atom is -0.0622 e. The quantitative estimate of drug-likeness (QED) is 0.346. The molecule has 0 radical (unpaired) electrons. The lowest BCUT2D eigenvalue weighted by atomic mass is 9.86. The van der Waals surface area contributed by atoms with Gasteiger partial charge >= 0.3 is 0 Å². The molecular weight excluding hydrogens is 336 g/mol. The van der Waals surface area contributed by atoms with Crippen LogP contribution < -0.4 is 0 Å². The highest BCUT2D eigenvalue weighted by molar-refractivity contribution is 5.81. The van der Waals surface area contributed by atoms with E-state index in [0.717, 1.165) is 0 Å². The normalized spacial score (nSPS) is 11.4. The molecule has 0 aliphatic rings. The van der Waals surface area contributed by atoms with Gasteiger partial charge in [0.1, 0.15) is 0 Å². The van der Waals surface area contributed by atoms with Crippen LogP contribution >= 0.6 is 0 Å². The van der Waals surface area contributed by atoms with E-state index >= 15 is 0 Å². The molecule has 28 heavy (non-hydrogen) atoms. The van der Waals surface area contributed by atoms with E-state index in [1.807, 2.05) is 0 Å². The average molecular weight is 363 g/mol. The summed E-state index contributed by atoms with van der Waals surface area (Å²) in [6.45, 7) is 6.77. The maximum absolute atomic E-state index is 2.30. The van der Waals surface area contributed by atoms with E-state index in [0.29, 0.717) is 0 Å². The first-order chi connectivity index (χ1) is 13.5. The van der Waals surface area contributed by atoms with Crippen molar-refractivity contribution in [3.8, 4) is 33.4 Å².